The second-order valence-corrected chi connectivity index (χ2v) is 4.78. The summed E-state index contributed by atoms with van der Waals surface area (Å²) in [6.07, 6.45) is 0.124. The number of likely N-dealkylation sites (N-methyl/N-ethyl adjacent to an activating group) is 1. The maximum absolute atomic E-state index is 11.9. The largest absolute Gasteiger partial charge is 0.482 e. The van der Waals surface area contributed by atoms with Crippen molar-refractivity contribution < 1.29 is 19.1 Å². The third-order valence-electron chi connectivity index (χ3n) is 3.19. The fourth-order valence-corrected chi connectivity index (χ4v) is 2.14. The zero-order valence-corrected chi connectivity index (χ0v) is 12.4. The first-order chi connectivity index (χ1) is 10.6. The van der Waals surface area contributed by atoms with E-state index in [0.29, 0.717) is 18.0 Å². The van der Waals surface area contributed by atoms with Crippen LogP contribution < -0.4 is 20.3 Å². The van der Waals surface area contributed by atoms with E-state index >= 15 is 0 Å². The number of anilines is 1. The lowest BCUT2D eigenvalue weighted by molar-refractivity contribution is -0.126. The zero-order chi connectivity index (χ0) is 15.9. The topological polar surface area (TPSA) is 87.7 Å². The van der Waals surface area contributed by atoms with Crippen molar-refractivity contribution >= 4 is 23.4 Å². The number of benzene rings is 1. The molecule has 2 N–H and O–H groups in total. The van der Waals surface area contributed by atoms with Crippen molar-refractivity contribution in [1.29, 1.82) is 0 Å². The van der Waals surface area contributed by atoms with Gasteiger partial charge < -0.3 is 20.3 Å². The van der Waals surface area contributed by atoms with E-state index < -0.39 is 0 Å². The van der Waals surface area contributed by atoms with Crippen molar-refractivity contribution in [3.8, 4) is 5.75 Å². The Kier molecular flexibility index (Phi) is 5.35. The molecule has 0 spiro atoms. The summed E-state index contributed by atoms with van der Waals surface area (Å²) in [4.78, 5) is 36.5. The van der Waals surface area contributed by atoms with E-state index in [1.807, 2.05) is 12.1 Å². The van der Waals surface area contributed by atoms with Gasteiger partial charge in [0.15, 0.2) is 6.61 Å². The Bertz CT molecular complexity index is 574. The molecule has 7 nitrogen and oxygen atoms in total. The summed E-state index contributed by atoms with van der Waals surface area (Å²) >= 11 is 0. The Balaban J connectivity index is 1.87. The number of fused-ring (bicyclic) bond motifs is 1. The lowest BCUT2D eigenvalue weighted by Crippen LogP contribution is -2.42. The summed E-state index contributed by atoms with van der Waals surface area (Å²) in [6, 6.07) is 7.19. The third-order valence-corrected chi connectivity index (χ3v) is 3.19. The molecule has 0 saturated carbocycles. The van der Waals surface area contributed by atoms with E-state index in [1.54, 1.807) is 19.1 Å². The van der Waals surface area contributed by atoms with Gasteiger partial charge in [0.2, 0.25) is 11.8 Å². The Morgan fingerprint density at radius 3 is 2.77 bits per heavy atom. The standard InChI is InChI=1S/C15H19N3O4/c1-2-16-14(20)9-17-13(19)7-8-18-11-5-3-4-6-12(11)22-10-15(18)21/h3-6H,2,7-10H2,1H3,(H,16,20)(H,17,19). The van der Waals surface area contributed by atoms with E-state index in [2.05, 4.69) is 10.6 Å². The van der Waals surface area contributed by atoms with Gasteiger partial charge in [-0.1, -0.05) is 12.1 Å². The molecule has 1 aliphatic heterocycles. The molecule has 7 heteroatoms. The van der Waals surface area contributed by atoms with Crippen molar-refractivity contribution in [2.45, 2.75) is 13.3 Å². The molecule has 1 aromatic rings. The molecule has 118 valence electrons. The van der Waals surface area contributed by atoms with Crippen LogP contribution in [0.2, 0.25) is 0 Å². The van der Waals surface area contributed by atoms with Crippen LogP contribution in [0.5, 0.6) is 5.75 Å². The zero-order valence-electron chi connectivity index (χ0n) is 12.4. The van der Waals surface area contributed by atoms with Gasteiger partial charge in [0.05, 0.1) is 12.2 Å². The van der Waals surface area contributed by atoms with Gasteiger partial charge in [-0.3, -0.25) is 14.4 Å². The van der Waals surface area contributed by atoms with Gasteiger partial charge in [-0.15, -0.1) is 0 Å². The van der Waals surface area contributed by atoms with E-state index in [1.165, 1.54) is 4.90 Å². The van der Waals surface area contributed by atoms with Crippen molar-refractivity contribution in [3.05, 3.63) is 24.3 Å². The summed E-state index contributed by atoms with van der Waals surface area (Å²) < 4.78 is 5.33. The number of rotatable bonds is 6. The molecule has 0 fully saturated rings. The fraction of sp³-hybridized carbons (Fsp3) is 0.400. The van der Waals surface area contributed by atoms with Crippen LogP contribution in [0.3, 0.4) is 0 Å². The highest BCUT2D eigenvalue weighted by atomic mass is 16.5. The molecule has 0 aromatic heterocycles. The Hall–Kier alpha value is -2.57. The van der Waals surface area contributed by atoms with Gasteiger partial charge in [-0.05, 0) is 19.1 Å². The molecular weight excluding hydrogens is 286 g/mol. The number of hydrogen-bond acceptors (Lipinski definition) is 4. The Morgan fingerprint density at radius 2 is 2.00 bits per heavy atom. The molecule has 22 heavy (non-hydrogen) atoms. The molecule has 0 atom stereocenters. The van der Waals surface area contributed by atoms with Crippen LogP contribution in [0.4, 0.5) is 5.69 Å². The summed E-state index contributed by atoms with van der Waals surface area (Å²) in [6.45, 7) is 2.49. The average molecular weight is 305 g/mol. The van der Waals surface area contributed by atoms with E-state index in [0.717, 1.165) is 0 Å². The first-order valence-electron chi connectivity index (χ1n) is 7.17. The van der Waals surface area contributed by atoms with Gasteiger partial charge in [-0.2, -0.15) is 0 Å². The van der Waals surface area contributed by atoms with E-state index in [-0.39, 0.29) is 43.8 Å². The highest BCUT2D eigenvalue weighted by Gasteiger charge is 2.25. The molecule has 0 saturated heterocycles. The van der Waals surface area contributed by atoms with E-state index in [9.17, 15) is 14.4 Å². The second-order valence-electron chi connectivity index (χ2n) is 4.78. The number of nitrogens with zero attached hydrogens (tertiary/aromatic N) is 1. The third kappa shape index (κ3) is 3.97. The van der Waals surface area contributed by atoms with Crippen LogP contribution in [0.25, 0.3) is 0 Å². The summed E-state index contributed by atoms with van der Waals surface area (Å²) in [7, 11) is 0. The first kappa shape index (κ1) is 15.8. The predicted octanol–water partition coefficient (Wildman–Crippen LogP) is 0.0544. The maximum Gasteiger partial charge on any atom is 0.265 e. The van der Waals surface area contributed by atoms with Crippen molar-refractivity contribution in [3.63, 3.8) is 0 Å². The lowest BCUT2D eigenvalue weighted by Gasteiger charge is -2.29. The smallest absolute Gasteiger partial charge is 0.265 e. The molecular formula is C15H19N3O4. The van der Waals surface area contributed by atoms with Crippen molar-refractivity contribution in [2.24, 2.45) is 0 Å². The van der Waals surface area contributed by atoms with Crippen LogP contribution in [-0.2, 0) is 14.4 Å². The fourth-order valence-electron chi connectivity index (χ4n) is 2.14. The predicted molar refractivity (Wildman–Crippen MR) is 80.6 cm³/mol. The van der Waals surface area contributed by atoms with Gasteiger partial charge in [0.25, 0.3) is 5.91 Å². The molecule has 1 aromatic carbocycles. The van der Waals surface area contributed by atoms with Crippen LogP contribution in [0.1, 0.15) is 13.3 Å². The molecule has 0 unspecified atom stereocenters. The highest BCUT2D eigenvalue weighted by molar-refractivity contribution is 5.98. The molecule has 1 aliphatic rings. The molecule has 2 rings (SSSR count). The van der Waals surface area contributed by atoms with Gasteiger partial charge in [0.1, 0.15) is 5.75 Å². The summed E-state index contributed by atoms with van der Waals surface area (Å²) in [5.74, 6) is -0.0632. The minimum atomic E-state index is -0.275. The Morgan fingerprint density at radius 1 is 1.23 bits per heavy atom. The highest BCUT2D eigenvalue weighted by Crippen LogP contribution is 2.31. The normalized spacial score (nSPS) is 13.1. The quantitative estimate of drug-likeness (QED) is 0.777. The molecule has 3 amide bonds. The SMILES string of the molecule is CCNC(=O)CNC(=O)CCN1C(=O)COc2ccccc21. The maximum atomic E-state index is 11.9. The van der Waals surface area contributed by atoms with Crippen LogP contribution in [0.15, 0.2) is 24.3 Å². The molecule has 0 radical (unpaired) electrons. The number of carbonyl (C=O) groups excluding carboxylic acids is 3. The van der Waals surface area contributed by atoms with Gasteiger partial charge in [-0.25, -0.2) is 0 Å². The van der Waals surface area contributed by atoms with Gasteiger partial charge in [0, 0.05) is 19.5 Å². The number of hydrogen-bond donors (Lipinski definition) is 2. The lowest BCUT2D eigenvalue weighted by atomic mass is 10.2. The Labute approximate surface area is 128 Å². The van der Waals surface area contributed by atoms with Gasteiger partial charge >= 0.3 is 0 Å². The summed E-state index contributed by atoms with van der Waals surface area (Å²) in [5.41, 5.74) is 0.662. The van der Waals surface area contributed by atoms with Crippen LogP contribution >= 0.6 is 0 Å². The summed E-state index contributed by atoms with van der Waals surface area (Å²) in [5, 5.41) is 5.12. The van der Waals surface area contributed by atoms with Crippen LogP contribution in [-0.4, -0.2) is 44.0 Å². The monoisotopic (exact) mass is 305 g/mol. The number of carbonyl (C=O) groups is 3. The van der Waals surface area contributed by atoms with Crippen LogP contribution in [0, 0.1) is 0 Å². The molecule has 1 heterocycles. The second kappa shape index (κ2) is 7.44. The molecule has 0 aliphatic carbocycles. The average Bonchev–Trinajstić information content (AvgIpc) is 2.52. The van der Waals surface area contributed by atoms with Crippen molar-refractivity contribution in [2.75, 3.05) is 31.1 Å². The number of nitrogens with one attached hydrogen (secondary N) is 2. The number of amides is 3. The first-order valence-corrected chi connectivity index (χ1v) is 7.17. The number of ether oxygens (including phenoxy) is 1. The minimum absolute atomic E-state index is 0.0302. The van der Waals surface area contributed by atoms with E-state index in [4.69, 9.17) is 4.74 Å². The number of para-hydroxylation sites is 2. The minimum Gasteiger partial charge on any atom is -0.482 e. The van der Waals surface area contributed by atoms with Crippen molar-refractivity contribution in [1.82, 2.24) is 10.6 Å². The molecule has 0 bridgehead atoms.